The average Bonchev–Trinajstić information content (AvgIpc) is 2.74. The molecule has 7 nitrogen and oxygen atoms in total. The number of pyridine rings is 1. The molecule has 0 unspecified atom stereocenters. The van der Waals surface area contributed by atoms with E-state index in [0.717, 1.165) is 0 Å². The first-order valence-electron chi connectivity index (χ1n) is 10.3. The lowest BCUT2D eigenvalue weighted by Crippen LogP contribution is -2.51. The van der Waals surface area contributed by atoms with Crippen molar-refractivity contribution in [3.63, 3.8) is 0 Å². The van der Waals surface area contributed by atoms with E-state index in [-0.39, 0.29) is 23.6 Å². The molecule has 2 aromatic rings. The molecule has 164 valence electrons. The fourth-order valence-corrected chi connectivity index (χ4v) is 3.21. The molecule has 1 saturated heterocycles. The molecule has 1 aliphatic rings. The van der Waals surface area contributed by atoms with E-state index in [9.17, 15) is 14.0 Å². The fraction of sp³-hybridized carbons (Fsp3) is 0.348. The van der Waals surface area contributed by atoms with Gasteiger partial charge in [0.15, 0.2) is 11.6 Å². The van der Waals surface area contributed by atoms with Crippen molar-refractivity contribution in [2.24, 2.45) is 0 Å². The second kappa shape index (κ2) is 10.7. The predicted octanol–water partition coefficient (Wildman–Crippen LogP) is 2.70. The summed E-state index contributed by atoms with van der Waals surface area (Å²) in [6.45, 7) is 6.56. The summed E-state index contributed by atoms with van der Waals surface area (Å²) in [7, 11) is 0. The summed E-state index contributed by atoms with van der Waals surface area (Å²) in [4.78, 5) is 32.0. The van der Waals surface area contributed by atoms with Gasteiger partial charge < -0.3 is 15.0 Å². The van der Waals surface area contributed by atoms with Crippen LogP contribution < -0.4 is 10.1 Å². The highest BCUT2D eigenvalue weighted by atomic mass is 19.1. The van der Waals surface area contributed by atoms with Crippen molar-refractivity contribution in [3.05, 3.63) is 60.2 Å². The van der Waals surface area contributed by atoms with Crippen LogP contribution in [-0.2, 0) is 9.59 Å². The van der Waals surface area contributed by atoms with Gasteiger partial charge in [-0.25, -0.2) is 4.39 Å². The Kier molecular flexibility index (Phi) is 7.72. The van der Waals surface area contributed by atoms with Crippen LogP contribution in [-0.4, -0.2) is 65.4 Å². The van der Waals surface area contributed by atoms with Gasteiger partial charge in [-0.3, -0.25) is 19.5 Å². The van der Waals surface area contributed by atoms with Gasteiger partial charge in [-0.2, -0.15) is 0 Å². The summed E-state index contributed by atoms with van der Waals surface area (Å²) in [6, 6.07) is 8.03. The average molecular weight is 426 g/mol. The van der Waals surface area contributed by atoms with Crippen molar-refractivity contribution in [2.45, 2.75) is 19.9 Å². The molecule has 0 bridgehead atoms. The smallest absolute Gasteiger partial charge is 0.246 e. The lowest BCUT2D eigenvalue weighted by atomic mass is 10.2. The van der Waals surface area contributed by atoms with Crippen LogP contribution in [0.25, 0.3) is 6.08 Å². The number of carbonyl (C=O) groups excluding carboxylic acids is 2. The van der Waals surface area contributed by atoms with E-state index >= 15 is 0 Å². The van der Waals surface area contributed by atoms with Crippen LogP contribution in [0.1, 0.15) is 19.4 Å². The van der Waals surface area contributed by atoms with Crippen LogP contribution in [0.4, 0.5) is 4.39 Å². The first kappa shape index (κ1) is 22.4. The zero-order valence-corrected chi connectivity index (χ0v) is 17.8. The zero-order chi connectivity index (χ0) is 22.2. The first-order chi connectivity index (χ1) is 14.9. The number of nitrogens with one attached hydrogen (secondary N) is 1. The number of hydrogen-bond acceptors (Lipinski definition) is 5. The monoisotopic (exact) mass is 426 g/mol. The minimum atomic E-state index is -0.522. The summed E-state index contributed by atoms with van der Waals surface area (Å²) in [6.07, 6.45) is 6.14. The number of nitrogens with zero attached hydrogens (tertiary/aromatic N) is 3. The SMILES string of the molecule is CC(C)NC(=O)CN1CCN(C(=O)/C=C/c2ccc(Oc3cccnc3)c(F)c2)CC1. The molecule has 1 aromatic heterocycles. The van der Waals surface area contributed by atoms with E-state index < -0.39 is 5.82 Å². The van der Waals surface area contributed by atoms with Gasteiger partial charge in [-0.1, -0.05) is 6.07 Å². The Morgan fingerprint density at radius 3 is 2.65 bits per heavy atom. The number of piperazine rings is 1. The maximum Gasteiger partial charge on any atom is 0.246 e. The Hall–Kier alpha value is -3.26. The van der Waals surface area contributed by atoms with E-state index in [1.807, 2.05) is 18.7 Å². The van der Waals surface area contributed by atoms with Crippen LogP contribution in [0, 0.1) is 5.82 Å². The molecular formula is C23H27FN4O3. The largest absolute Gasteiger partial charge is 0.453 e. The molecular weight excluding hydrogens is 399 g/mol. The molecule has 2 heterocycles. The number of rotatable bonds is 7. The highest BCUT2D eigenvalue weighted by Gasteiger charge is 2.21. The van der Waals surface area contributed by atoms with E-state index in [1.54, 1.807) is 35.4 Å². The highest BCUT2D eigenvalue weighted by molar-refractivity contribution is 5.91. The summed E-state index contributed by atoms with van der Waals surface area (Å²) >= 11 is 0. The number of ether oxygens (including phenoxy) is 1. The van der Waals surface area contributed by atoms with Crippen LogP contribution >= 0.6 is 0 Å². The molecule has 31 heavy (non-hydrogen) atoms. The topological polar surface area (TPSA) is 74.8 Å². The van der Waals surface area contributed by atoms with Gasteiger partial charge in [-0.15, -0.1) is 0 Å². The molecule has 2 amide bonds. The van der Waals surface area contributed by atoms with Crippen LogP contribution in [0.2, 0.25) is 0 Å². The van der Waals surface area contributed by atoms with E-state index in [1.165, 1.54) is 24.4 Å². The predicted molar refractivity (Wildman–Crippen MR) is 116 cm³/mol. The second-order valence-electron chi connectivity index (χ2n) is 7.64. The van der Waals surface area contributed by atoms with Crippen molar-refractivity contribution in [3.8, 4) is 11.5 Å². The zero-order valence-electron chi connectivity index (χ0n) is 17.8. The lowest BCUT2D eigenvalue weighted by molar-refractivity contribution is -0.128. The first-order valence-corrected chi connectivity index (χ1v) is 10.3. The molecule has 8 heteroatoms. The minimum Gasteiger partial charge on any atom is -0.453 e. The Bertz CT molecular complexity index is 926. The van der Waals surface area contributed by atoms with E-state index in [0.29, 0.717) is 44.0 Å². The van der Waals surface area contributed by atoms with Gasteiger partial charge in [0.1, 0.15) is 5.75 Å². The molecule has 1 aromatic carbocycles. The molecule has 0 aliphatic carbocycles. The number of amides is 2. The van der Waals surface area contributed by atoms with Gasteiger partial charge in [0.2, 0.25) is 11.8 Å². The van der Waals surface area contributed by atoms with Gasteiger partial charge in [0, 0.05) is 44.5 Å². The Balaban J connectivity index is 1.50. The molecule has 1 fully saturated rings. The second-order valence-corrected chi connectivity index (χ2v) is 7.64. The lowest BCUT2D eigenvalue weighted by Gasteiger charge is -2.33. The highest BCUT2D eigenvalue weighted by Crippen LogP contribution is 2.24. The van der Waals surface area contributed by atoms with Gasteiger partial charge in [0.05, 0.1) is 12.7 Å². The summed E-state index contributed by atoms with van der Waals surface area (Å²) < 4.78 is 19.8. The number of benzene rings is 1. The van der Waals surface area contributed by atoms with Crippen molar-refractivity contribution in [1.29, 1.82) is 0 Å². The van der Waals surface area contributed by atoms with Gasteiger partial charge >= 0.3 is 0 Å². The van der Waals surface area contributed by atoms with Crippen molar-refractivity contribution >= 4 is 17.9 Å². The summed E-state index contributed by atoms with van der Waals surface area (Å²) in [5, 5.41) is 2.87. The Morgan fingerprint density at radius 2 is 2.00 bits per heavy atom. The molecule has 3 rings (SSSR count). The number of hydrogen-bond donors (Lipinski definition) is 1. The number of carbonyl (C=O) groups is 2. The Morgan fingerprint density at radius 1 is 1.23 bits per heavy atom. The van der Waals surface area contributed by atoms with Crippen molar-refractivity contribution in [2.75, 3.05) is 32.7 Å². The maximum absolute atomic E-state index is 14.3. The Labute approximate surface area is 181 Å². The van der Waals surface area contributed by atoms with Crippen molar-refractivity contribution < 1.29 is 18.7 Å². The third-order valence-electron chi connectivity index (χ3n) is 4.74. The molecule has 0 atom stereocenters. The normalized spacial score (nSPS) is 14.8. The van der Waals surface area contributed by atoms with Crippen LogP contribution in [0.15, 0.2) is 48.8 Å². The molecule has 0 saturated carbocycles. The molecule has 1 aliphatic heterocycles. The summed E-state index contributed by atoms with van der Waals surface area (Å²) in [5.41, 5.74) is 0.563. The van der Waals surface area contributed by atoms with E-state index in [4.69, 9.17) is 4.74 Å². The van der Waals surface area contributed by atoms with Crippen molar-refractivity contribution in [1.82, 2.24) is 20.1 Å². The quantitative estimate of drug-likeness (QED) is 0.689. The minimum absolute atomic E-state index is 0.00680. The fourth-order valence-electron chi connectivity index (χ4n) is 3.21. The molecule has 1 N–H and O–H groups in total. The number of aromatic nitrogens is 1. The molecule has 0 spiro atoms. The van der Waals surface area contributed by atoms with Gasteiger partial charge in [-0.05, 0) is 49.8 Å². The van der Waals surface area contributed by atoms with Crippen LogP contribution in [0.5, 0.6) is 11.5 Å². The third kappa shape index (κ3) is 6.89. The van der Waals surface area contributed by atoms with Crippen LogP contribution in [0.3, 0.4) is 0 Å². The summed E-state index contributed by atoms with van der Waals surface area (Å²) in [5.74, 6) is -0.128. The van der Waals surface area contributed by atoms with Gasteiger partial charge in [0.25, 0.3) is 0 Å². The third-order valence-corrected chi connectivity index (χ3v) is 4.74. The molecule has 0 radical (unpaired) electrons. The van der Waals surface area contributed by atoms with E-state index in [2.05, 4.69) is 10.3 Å². The standard InChI is InChI=1S/C23H27FN4O3/c1-17(2)26-22(29)16-27-10-12-28(13-11-27)23(30)8-6-18-5-7-21(20(24)14-18)31-19-4-3-9-25-15-19/h3-9,14-15,17H,10-13,16H2,1-2H3,(H,26,29)/b8-6+. The maximum atomic E-state index is 14.3. The number of halogens is 1.